The summed E-state index contributed by atoms with van der Waals surface area (Å²) < 4.78 is 1.52. The Balaban J connectivity index is 0.00000132. The van der Waals surface area contributed by atoms with E-state index in [-0.39, 0.29) is 16.5 Å². The standard InChI is InChI=1S/C34H48N2.2C8H17.Ni/c1-5-9-13-15-27-19-23-29(24-20-27)33-31(17-11-7-3)32(18-12-8-4)34(36(33)35)30-25-21-28(22-26-30)16-14-10-6-2;2*1-3-5-7-8-6-4-2;/h19-26H,5-18H2,1-4H3;2*1,3-8H2,2H3;/q;2*-1;+2. The van der Waals surface area contributed by atoms with Crippen LogP contribution in [0.1, 0.15) is 218 Å². The van der Waals surface area contributed by atoms with E-state index < -0.39 is 0 Å². The van der Waals surface area contributed by atoms with E-state index in [0.717, 1.165) is 86.7 Å². The first-order chi connectivity index (χ1) is 25.5. The molecule has 0 aliphatic carbocycles. The number of aryl methyl sites for hydroxylation is 2. The van der Waals surface area contributed by atoms with Crippen LogP contribution in [0.2, 0.25) is 0 Å². The maximum Gasteiger partial charge on any atom is 2.00 e. The van der Waals surface area contributed by atoms with Crippen LogP contribution in [0.5, 0.6) is 0 Å². The third-order valence-corrected chi connectivity index (χ3v) is 10.2. The van der Waals surface area contributed by atoms with Gasteiger partial charge >= 0.3 is 16.5 Å². The van der Waals surface area contributed by atoms with Gasteiger partial charge in [-0.2, -0.15) is 12.8 Å². The Morgan fingerprint density at radius 1 is 0.396 bits per heavy atom. The van der Waals surface area contributed by atoms with Crippen LogP contribution in [-0.4, -0.2) is 4.70 Å². The normalized spacial score (nSPS) is 12.3. The predicted octanol–water partition coefficient (Wildman–Crippen LogP) is 17.1. The van der Waals surface area contributed by atoms with Gasteiger partial charge in [0, 0.05) is 22.3 Å². The molecular formula is C50H82N2Ni. The first-order valence-corrected chi connectivity index (χ1v) is 22.2. The minimum Gasteiger partial charge on any atom is -0.493 e. The number of allylic oxidation sites excluding steroid dienone is 2. The number of hydrogen-bond donors (Lipinski definition) is 0. The van der Waals surface area contributed by atoms with Crippen LogP contribution in [0.15, 0.2) is 59.7 Å². The minimum atomic E-state index is 0. The summed E-state index contributed by atoms with van der Waals surface area (Å²) in [6, 6.07) is 17.9. The molecule has 3 rings (SSSR count). The third-order valence-electron chi connectivity index (χ3n) is 10.2. The fraction of sp³-hybridized carbons (Fsp3) is 0.640. The van der Waals surface area contributed by atoms with Gasteiger partial charge in [-0.25, -0.2) is 4.70 Å². The molecule has 0 N–H and O–H groups in total. The van der Waals surface area contributed by atoms with Gasteiger partial charge in [0.15, 0.2) is 0 Å². The summed E-state index contributed by atoms with van der Waals surface area (Å²) in [5, 5.41) is 0. The van der Waals surface area contributed by atoms with Gasteiger partial charge in [0.2, 0.25) is 11.4 Å². The average molecular weight is 770 g/mol. The topological polar surface area (TPSA) is 25.3 Å². The maximum atomic E-state index is 11.7. The number of hydrogen-bond acceptors (Lipinski definition) is 0. The van der Waals surface area contributed by atoms with E-state index in [1.54, 1.807) is 0 Å². The molecule has 0 bridgehead atoms. The Labute approximate surface area is 340 Å². The number of benzene rings is 2. The zero-order valence-corrected chi connectivity index (χ0v) is 36.6. The molecule has 2 nitrogen and oxygen atoms in total. The van der Waals surface area contributed by atoms with Crippen LogP contribution >= 0.6 is 0 Å². The summed E-state index contributed by atoms with van der Waals surface area (Å²) in [4.78, 5) is 0. The van der Waals surface area contributed by atoms with Crippen LogP contribution in [0.4, 0.5) is 0 Å². The van der Waals surface area contributed by atoms with Crippen molar-refractivity contribution in [2.24, 2.45) is 0 Å². The molecule has 302 valence electrons. The van der Waals surface area contributed by atoms with Gasteiger partial charge in [0.1, 0.15) is 0 Å². The molecule has 1 aliphatic rings. The van der Waals surface area contributed by atoms with Gasteiger partial charge < -0.3 is 19.4 Å². The van der Waals surface area contributed by atoms with Gasteiger partial charge in [0.25, 0.3) is 0 Å². The molecule has 1 heterocycles. The fourth-order valence-electron chi connectivity index (χ4n) is 6.87. The van der Waals surface area contributed by atoms with Crippen LogP contribution in [0.25, 0.3) is 16.9 Å². The van der Waals surface area contributed by atoms with E-state index in [4.69, 9.17) is 0 Å². The molecule has 0 saturated heterocycles. The van der Waals surface area contributed by atoms with Crippen molar-refractivity contribution in [3.8, 4) is 0 Å². The quantitative estimate of drug-likeness (QED) is 0.0394. The van der Waals surface area contributed by atoms with E-state index >= 15 is 0 Å². The molecule has 0 radical (unpaired) electrons. The van der Waals surface area contributed by atoms with Crippen molar-refractivity contribution in [2.45, 2.75) is 208 Å². The second-order valence-electron chi connectivity index (χ2n) is 15.0. The Bertz CT molecular complexity index is 1110. The summed E-state index contributed by atoms with van der Waals surface area (Å²) in [5.74, 6) is 0. The summed E-state index contributed by atoms with van der Waals surface area (Å²) in [6.45, 7) is 21.1. The molecule has 1 aliphatic heterocycles. The van der Waals surface area contributed by atoms with Crippen molar-refractivity contribution in [1.29, 1.82) is 0 Å². The van der Waals surface area contributed by atoms with Crippen molar-refractivity contribution in [3.63, 3.8) is 0 Å². The Morgan fingerprint density at radius 2 is 0.698 bits per heavy atom. The van der Waals surface area contributed by atoms with E-state index in [2.05, 4.69) is 104 Å². The van der Waals surface area contributed by atoms with E-state index in [9.17, 15) is 5.53 Å². The Morgan fingerprint density at radius 3 is 1.00 bits per heavy atom. The molecule has 0 spiro atoms. The molecule has 0 unspecified atom stereocenters. The summed E-state index contributed by atoms with van der Waals surface area (Å²) >= 11 is 0. The van der Waals surface area contributed by atoms with Gasteiger partial charge in [-0.3, -0.25) is 0 Å². The number of rotatable bonds is 26. The largest absolute Gasteiger partial charge is 2.00 e. The first kappa shape index (κ1) is 51.0. The summed E-state index contributed by atoms with van der Waals surface area (Å²) in [6.07, 6.45) is 32.4. The van der Waals surface area contributed by atoms with Crippen molar-refractivity contribution in [2.75, 3.05) is 0 Å². The monoisotopic (exact) mass is 769 g/mol. The van der Waals surface area contributed by atoms with Gasteiger partial charge in [-0.1, -0.05) is 169 Å². The average Bonchev–Trinajstić information content (AvgIpc) is 3.44. The van der Waals surface area contributed by atoms with Crippen molar-refractivity contribution >= 4 is 11.4 Å². The second kappa shape index (κ2) is 34.5. The van der Waals surface area contributed by atoms with E-state index in [0.29, 0.717) is 0 Å². The molecule has 53 heavy (non-hydrogen) atoms. The van der Waals surface area contributed by atoms with Gasteiger partial charge in [0.05, 0.1) is 0 Å². The minimum absolute atomic E-state index is 0. The molecule has 2 aromatic rings. The smallest absolute Gasteiger partial charge is 0.493 e. The molecule has 0 atom stereocenters. The molecule has 0 saturated carbocycles. The number of unbranched alkanes of at least 4 members (excludes halogenated alkanes) is 16. The second-order valence-corrected chi connectivity index (χ2v) is 15.0. The van der Waals surface area contributed by atoms with Gasteiger partial charge in [-0.05, 0) is 86.8 Å². The van der Waals surface area contributed by atoms with Crippen LogP contribution < -0.4 is 0 Å². The van der Waals surface area contributed by atoms with Crippen LogP contribution in [0, 0.1) is 13.8 Å². The van der Waals surface area contributed by atoms with Crippen molar-refractivity contribution in [1.82, 2.24) is 0 Å². The zero-order chi connectivity index (χ0) is 38.2. The first-order valence-electron chi connectivity index (χ1n) is 22.2. The Kier molecular flexibility index (Phi) is 33.2. The van der Waals surface area contributed by atoms with E-state index in [1.165, 1.54) is 130 Å². The van der Waals surface area contributed by atoms with Crippen LogP contribution in [-0.2, 0) is 29.3 Å². The molecular weight excluding hydrogens is 687 g/mol. The molecule has 0 aromatic heterocycles. The van der Waals surface area contributed by atoms with Gasteiger partial charge in [-0.15, -0.1) is 0 Å². The molecule has 0 fully saturated rings. The van der Waals surface area contributed by atoms with E-state index in [1.807, 2.05) is 0 Å². The summed E-state index contributed by atoms with van der Waals surface area (Å²) in [7, 11) is 0. The molecule has 3 heteroatoms. The SMILES string of the molecule is CCCCCc1ccc(C2=C(CCCC)C(CCCC)=C(c3ccc(CCCCC)cc3)[N+]2=[N-])cc1.[CH2-]CCCCCCC.[CH2-]CCCCCCC.[Ni+2]. The van der Waals surface area contributed by atoms with Crippen molar-refractivity contribution in [3.05, 3.63) is 101 Å². The van der Waals surface area contributed by atoms with Crippen LogP contribution in [0.3, 0.4) is 0 Å². The zero-order valence-electron chi connectivity index (χ0n) is 35.6. The number of nitrogens with zero attached hydrogens (tertiary/aromatic N) is 2. The summed E-state index contributed by atoms with van der Waals surface area (Å²) in [5.41, 5.74) is 21.4. The fourth-order valence-corrected chi connectivity index (χ4v) is 6.87. The molecule has 0 amide bonds. The molecule has 2 aromatic carbocycles. The third kappa shape index (κ3) is 21.0. The maximum absolute atomic E-state index is 11.7. The Hall–Kier alpha value is -1.99. The van der Waals surface area contributed by atoms with Crippen molar-refractivity contribution < 1.29 is 21.2 Å². The predicted molar refractivity (Wildman–Crippen MR) is 233 cm³/mol.